The molecule has 0 aliphatic heterocycles. The molecule has 1 N–H and O–H groups in total. The molecule has 4 nitrogen and oxygen atoms in total. The molecule has 86 valence electrons. The van der Waals surface area contributed by atoms with E-state index in [1.54, 1.807) is 13.8 Å². The first-order valence-electron chi connectivity index (χ1n) is 5.57. The minimum Gasteiger partial charge on any atom is -0.461 e. The number of hydrogen-bond acceptors (Lipinski definition) is 3. The number of nitrogens with one attached hydrogen (secondary N) is 1. The van der Waals surface area contributed by atoms with Crippen molar-refractivity contribution in [3.05, 3.63) is 22.5 Å². The van der Waals surface area contributed by atoms with E-state index in [0.717, 1.165) is 24.1 Å². The highest BCUT2D eigenvalue weighted by atomic mass is 16.5. The molecule has 4 heteroatoms. The van der Waals surface area contributed by atoms with Crippen molar-refractivity contribution in [2.24, 2.45) is 0 Å². The van der Waals surface area contributed by atoms with Crippen LogP contribution in [0, 0.1) is 6.92 Å². The van der Waals surface area contributed by atoms with E-state index in [9.17, 15) is 9.59 Å². The van der Waals surface area contributed by atoms with Gasteiger partial charge in [-0.2, -0.15) is 0 Å². The average molecular weight is 221 g/mol. The molecule has 1 aromatic heterocycles. The van der Waals surface area contributed by atoms with Gasteiger partial charge in [0.1, 0.15) is 5.69 Å². The Morgan fingerprint density at radius 2 is 2.19 bits per heavy atom. The smallest absolute Gasteiger partial charge is 0.355 e. The fraction of sp³-hybridized carbons (Fsp3) is 0.500. The Bertz CT molecular complexity index is 445. The second-order valence-electron chi connectivity index (χ2n) is 3.98. The van der Waals surface area contributed by atoms with Crippen molar-refractivity contribution < 1.29 is 14.3 Å². The van der Waals surface area contributed by atoms with Crippen molar-refractivity contribution in [1.82, 2.24) is 4.98 Å². The summed E-state index contributed by atoms with van der Waals surface area (Å²) in [6, 6.07) is 0. The Morgan fingerprint density at radius 3 is 2.81 bits per heavy atom. The number of aromatic amines is 1. The number of Topliss-reactive ketones (excluding diaryl/α,β-unsaturated/α-hetero) is 1. The normalized spacial score (nSPS) is 14.8. The van der Waals surface area contributed by atoms with Gasteiger partial charge in [0.15, 0.2) is 5.78 Å². The Labute approximate surface area is 94.0 Å². The predicted molar refractivity (Wildman–Crippen MR) is 58.8 cm³/mol. The van der Waals surface area contributed by atoms with Gasteiger partial charge in [0, 0.05) is 17.7 Å². The van der Waals surface area contributed by atoms with E-state index in [2.05, 4.69) is 4.98 Å². The summed E-state index contributed by atoms with van der Waals surface area (Å²) in [5, 5.41) is 0. The number of ketones is 1. The first-order valence-corrected chi connectivity index (χ1v) is 5.57. The van der Waals surface area contributed by atoms with Crippen LogP contribution >= 0.6 is 0 Å². The average Bonchev–Trinajstić information content (AvgIpc) is 2.58. The molecule has 2 rings (SSSR count). The minimum atomic E-state index is -0.373. The quantitative estimate of drug-likeness (QED) is 0.777. The summed E-state index contributed by atoms with van der Waals surface area (Å²) in [6.07, 6.45) is 2.27. The van der Waals surface area contributed by atoms with Crippen LogP contribution in [0.1, 0.15) is 51.9 Å². The lowest BCUT2D eigenvalue weighted by Gasteiger charge is -2.09. The summed E-state index contributed by atoms with van der Waals surface area (Å²) >= 11 is 0. The molecule has 0 bridgehead atoms. The third kappa shape index (κ3) is 1.64. The fourth-order valence-corrected chi connectivity index (χ4v) is 2.18. The van der Waals surface area contributed by atoms with Crippen LogP contribution in [0.5, 0.6) is 0 Å². The lowest BCUT2D eigenvalue weighted by Crippen LogP contribution is -2.10. The van der Waals surface area contributed by atoms with Crippen LogP contribution in [0.25, 0.3) is 0 Å². The minimum absolute atomic E-state index is 0.130. The zero-order chi connectivity index (χ0) is 11.7. The van der Waals surface area contributed by atoms with Crippen LogP contribution in [0.4, 0.5) is 0 Å². The molecule has 0 fully saturated rings. The zero-order valence-corrected chi connectivity index (χ0v) is 9.55. The van der Waals surface area contributed by atoms with Gasteiger partial charge in [-0.25, -0.2) is 4.79 Å². The molecular weight excluding hydrogens is 206 g/mol. The zero-order valence-electron chi connectivity index (χ0n) is 9.55. The van der Waals surface area contributed by atoms with E-state index < -0.39 is 0 Å². The highest BCUT2D eigenvalue weighted by molar-refractivity contribution is 6.03. The lowest BCUT2D eigenvalue weighted by atomic mass is 9.94. The van der Waals surface area contributed by atoms with Crippen LogP contribution < -0.4 is 0 Å². The van der Waals surface area contributed by atoms with Crippen LogP contribution in [0.15, 0.2) is 0 Å². The number of H-pyrrole nitrogens is 1. The molecule has 1 aliphatic carbocycles. The van der Waals surface area contributed by atoms with Crippen LogP contribution in [0.2, 0.25) is 0 Å². The van der Waals surface area contributed by atoms with Gasteiger partial charge in [0.2, 0.25) is 0 Å². The molecule has 0 atom stereocenters. The molecule has 1 aliphatic rings. The Balaban J connectivity index is 2.42. The molecule has 0 saturated heterocycles. The predicted octanol–water partition coefficient (Wildman–Crippen LogP) is 2.02. The largest absolute Gasteiger partial charge is 0.461 e. The van der Waals surface area contributed by atoms with E-state index in [-0.39, 0.29) is 11.8 Å². The number of fused-ring (bicyclic) bond motifs is 1. The third-order valence-electron chi connectivity index (χ3n) is 2.92. The maximum atomic E-state index is 11.7. The van der Waals surface area contributed by atoms with Crippen LogP contribution in [-0.2, 0) is 11.2 Å². The van der Waals surface area contributed by atoms with Gasteiger partial charge >= 0.3 is 5.97 Å². The van der Waals surface area contributed by atoms with E-state index >= 15 is 0 Å². The number of aryl methyl sites for hydroxylation is 1. The van der Waals surface area contributed by atoms with Gasteiger partial charge in [-0.15, -0.1) is 0 Å². The molecule has 0 amide bonds. The Hall–Kier alpha value is -1.58. The number of rotatable bonds is 2. The Kier molecular flexibility index (Phi) is 2.81. The SMILES string of the molecule is CCOC(=O)c1[nH]c2c(c1C)C(=O)CCC2. The molecule has 0 radical (unpaired) electrons. The van der Waals surface area contributed by atoms with Crippen LogP contribution in [-0.4, -0.2) is 23.3 Å². The molecule has 1 heterocycles. The van der Waals surface area contributed by atoms with Gasteiger partial charge in [-0.3, -0.25) is 4.79 Å². The van der Waals surface area contributed by atoms with E-state index in [0.29, 0.717) is 24.3 Å². The van der Waals surface area contributed by atoms with Gasteiger partial charge in [0.05, 0.1) is 6.61 Å². The van der Waals surface area contributed by atoms with Gasteiger partial charge in [-0.1, -0.05) is 0 Å². The first-order chi connectivity index (χ1) is 7.65. The van der Waals surface area contributed by atoms with Crippen molar-refractivity contribution >= 4 is 11.8 Å². The molecule has 1 aromatic rings. The monoisotopic (exact) mass is 221 g/mol. The summed E-state index contributed by atoms with van der Waals surface area (Å²) in [5.74, 6) is -0.243. The van der Waals surface area contributed by atoms with E-state index in [4.69, 9.17) is 4.74 Å². The molecule has 0 aromatic carbocycles. The van der Waals surface area contributed by atoms with Crippen molar-refractivity contribution in [3.8, 4) is 0 Å². The first kappa shape index (κ1) is 10.9. The second-order valence-corrected chi connectivity index (χ2v) is 3.98. The number of ether oxygens (including phenoxy) is 1. The fourth-order valence-electron chi connectivity index (χ4n) is 2.18. The standard InChI is InChI=1S/C12H15NO3/c1-3-16-12(15)11-7(2)10-8(13-11)5-4-6-9(10)14/h13H,3-6H2,1-2H3. The van der Waals surface area contributed by atoms with Gasteiger partial charge in [0.25, 0.3) is 0 Å². The maximum Gasteiger partial charge on any atom is 0.355 e. The van der Waals surface area contributed by atoms with Crippen LogP contribution in [0.3, 0.4) is 0 Å². The topological polar surface area (TPSA) is 59.2 Å². The maximum absolute atomic E-state index is 11.7. The highest BCUT2D eigenvalue weighted by Crippen LogP contribution is 2.26. The lowest BCUT2D eigenvalue weighted by molar-refractivity contribution is 0.0519. The second kappa shape index (κ2) is 4.12. The molecule has 0 unspecified atom stereocenters. The number of aromatic nitrogens is 1. The van der Waals surface area contributed by atoms with Crippen molar-refractivity contribution in [2.75, 3.05) is 6.61 Å². The summed E-state index contributed by atoms with van der Waals surface area (Å²) in [4.78, 5) is 26.4. The summed E-state index contributed by atoms with van der Waals surface area (Å²) in [7, 11) is 0. The summed E-state index contributed by atoms with van der Waals surface area (Å²) < 4.78 is 4.94. The van der Waals surface area contributed by atoms with Crippen molar-refractivity contribution in [3.63, 3.8) is 0 Å². The number of carbonyl (C=O) groups is 2. The van der Waals surface area contributed by atoms with E-state index in [1.807, 2.05) is 0 Å². The highest BCUT2D eigenvalue weighted by Gasteiger charge is 2.26. The summed E-state index contributed by atoms with van der Waals surface area (Å²) in [5.41, 5.74) is 2.76. The molecular formula is C12H15NO3. The third-order valence-corrected chi connectivity index (χ3v) is 2.92. The van der Waals surface area contributed by atoms with Crippen molar-refractivity contribution in [2.45, 2.75) is 33.1 Å². The Morgan fingerprint density at radius 1 is 1.44 bits per heavy atom. The summed E-state index contributed by atoms with van der Waals surface area (Å²) in [6.45, 7) is 3.90. The molecule has 0 saturated carbocycles. The molecule has 16 heavy (non-hydrogen) atoms. The number of hydrogen-bond donors (Lipinski definition) is 1. The number of carbonyl (C=O) groups excluding carboxylic acids is 2. The van der Waals surface area contributed by atoms with E-state index in [1.165, 1.54) is 0 Å². The number of esters is 1. The van der Waals surface area contributed by atoms with Crippen molar-refractivity contribution in [1.29, 1.82) is 0 Å². The van der Waals surface area contributed by atoms with Gasteiger partial charge in [-0.05, 0) is 32.3 Å². The molecule has 0 spiro atoms. The van der Waals surface area contributed by atoms with Gasteiger partial charge < -0.3 is 9.72 Å².